The normalized spacial score (nSPS) is 19.9. The molecule has 0 radical (unpaired) electrons. The number of aromatic nitrogens is 5. The molecule has 2 aromatic heterocycles. The Bertz CT molecular complexity index is 1170. The molecule has 2 atom stereocenters. The molecule has 2 aliphatic rings. The van der Waals surface area contributed by atoms with E-state index in [0.717, 1.165) is 48.6 Å². The van der Waals surface area contributed by atoms with Crippen molar-refractivity contribution in [3.05, 3.63) is 41.5 Å². The highest BCUT2D eigenvalue weighted by atomic mass is 16.5. The van der Waals surface area contributed by atoms with Crippen LogP contribution in [-0.2, 0) is 13.6 Å². The standard InChI is InChI=1S/C23H28N6O3/c1-14-16(12-24-27(14)2)23(30)28-13-21-25-26-22(29(21)18-8-6-5-7-17(18)28)15-9-10-19(31-3)20(11-15)32-4/h9-12,17-18H,5-8,13H2,1-4H3/t17-,18-/m0/s1. The quantitative estimate of drug-likeness (QED) is 0.624. The van der Waals surface area contributed by atoms with E-state index in [4.69, 9.17) is 9.47 Å². The first-order chi connectivity index (χ1) is 15.5. The molecule has 0 bridgehead atoms. The van der Waals surface area contributed by atoms with Gasteiger partial charge in [-0.1, -0.05) is 12.8 Å². The lowest BCUT2D eigenvalue weighted by atomic mass is 9.86. The van der Waals surface area contributed by atoms with E-state index in [1.165, 1.54) is 0 Å². The molecular weight excluding hydrogens is 408 g/mol. The van der Waals surface area contributed by atoms with Gasteiger partial charge < -0.3 is 18.9 Å². The highest BCUT2D eigenvalue weighted by molar-refractivity contribution is 5.95. The van der Waals surface area contributed by atoms with Gasteiger partial charge in [0.1, 0.15) is 0 Å². The maximum absolute atomic E-state index is 13.5. The topological polar surface area (TPSA) is 87.3 Å². The largest absolute Gasteiger partial charge is 0.493 e. The summed E-state index contributed by atoms with van der Waals surface area (Å²) in [5.74, 6) is 2.97. The Morgan fingerprint density at radius 3 is 2.50 bits per heavy atom. The van der Waals surface area contributed by atoms with E-state index in [0.29, 0.717) is 23.6 Å². The SMILES string of the molecule is COc1ccc(-c2nnc3n2[C@H]2CCCC[C@@H]2N(C(=O)c2cnn(C)c2C)C3)cc1OC. The number of benzene rings is 1. The fraction of sp³-hybridized carbons (Fsp3) is 0.478. The Kier molecular flexibility index (Phi) is 5.11. The number of hydrogen-bond acceptors (Lipinski definition) is 6. The maximum Gasteiger partial charge on any atom is 0.258 e. The molecule has 0 saturated heterocycles. The number of rotatable bonds is 4. The second-order valence-electron chi connectivity index (χ2n) is 8.50. The highest BCUT2D eigenvalue weighted by Crippen LogP contribution is 2.41. The summed E-state index contributed by atoms with van der Waals surface area (Å²) in [4.78, 5) is 15.5. The van der Waals surface area contributed by atoms with Gasteiger partial charge in [0.25, 0.3) is 5.91 Å². The van der Waals surface area contributed by atoms with Crippen molar-refractivity contribution in [3.63, 3.8) is 0 Å². The van der Waals surface area contributed by atoms with Gasteiger partial charge in [0.05, 0.1) is 44.6 Å². The van der Waals surface area contributed by atoms with Crippen LogP contribution in [0.5, 0.6) is 11.5 Å². The van der Waals surface area contributed by atoms with Crippen molar-refractivity contribution in [1.82, 2.24) is 29.4 Å². The zero-order valence-electron chi connectivity index (χ0n) is 18.9. The predicted molar refractivity (Wildman–Crippen MR) is 118 cm³/mol. The Morgan fingerprint density at radius 1 is 1.06 bits per heavy atom. The minimum absolute atomic E-state index is 0.0226. The van der Waals surface area contributed by atoms with Gasteiger partial charge in [-0.2, -0.15) is 5.10 Å². The van der Waals surface area contributed by atoms with E-state index < -0.39 is 0 Å². The van der Waals surface area contributed by atoms with E-state index >= 15 is 0 Å². The number of amides is 1. The average Bonchev–Trinajstić information content (AvgIpc) is 3.41. The molecule has 9 heteroatoms. The lowest BCUT2D eigenvalue weighted by Crippen LogP contribution is -2.50. The lowest BCUT2D eigenvalue weighted by molar-refractivity contribution is 0.0420. The maximum atomic E-state index is 13.5. The van der Waals surface area contributed by atoms with E-state index in [1.54, 1.807) is 25.1 Å². The van der Waals surface area contributed by atoms with Gasteiger partial charge in [-0.25, -0.2) is 0 Å². The lowest BCUT2D eigenvalue weighted by Gasteiger charge is -2.44. The Balaban J connectivity index is 1.55. The van der Waals surface area contributed by atoms with Gasteiger partial charge >= 0.3 is 0 Å². The van der Waals surface area contributed by atoms with Gasteiger partial charge in [-0.3, -0.25) is 9.48 Å². The first-order valence-electron chi connectivity index (χ1n) is 11.0. The van der Waals surface area contributed by atoms with Crippen LogP contribution in [-0.4, -0.2) is 55.6 Å². The summed E-state index contributed by atoms with van der Waals surface area (Å²) < 4.78 is 14.9. The van der Waals surface area contributed by atoms with Gasteiger partial charge in [0.15, 0.2) is 23.1 Å². The minimum Gasteiger partial charge on any atom is -0.493 e. The molecule has 0 unspecified atom stereocenters. The molecular formula is C23H28N6O3. The van der Waals surface area contributed by atoms with Crippen molar-refractivity contribution in [1.29, 1.82) is 0 Å². The fourth-order valence-corrected chi connectivity index (χ4v) is 5.06. The molecule has 3 heterocycles. The monoisotopic (exact) mass is 436 g/mol. The van der Waals surface area contributed by atoms with Gasteiger partial charge in [0.2, 0.25) is 0 Å². The summed E-state index contributed by atoms with van der Waals surface area (Å²) in [5.41, 5.74) is 2.46. The second kappa shape index (κ2) is 7.96. The van der Waals surface area contributed by atoms with Crippen LogP contribution in [0.3, 0.4) is 0 Å². The zero-order valence-corrected chi connectivity index (χ0v) is 18.9. The smallest absolute Gasteiger partial charge is 0.258 e. The second-order valence-corrected chi connectivity index (χ2v) is 8.50. The van der Waals surface area contributed by atoms with Gasteiger partial charge in [0, 0.05) is 18.3 Å². The number of hydrogen-bond donors (Lipinski definition) is 0. The number of aryl methyl sites for hydroxylation is 1. The van der Waals surface area contributed by atoms with Crippen LogP contribution in [0.2, 0.25) is 0 Å². The Hall–Kier alpha value is -3.36. The molecule has 9 nitrogen and oxygen atoms in total. The van der Waals surface area contributed by atoms with Gasteiger partial charge in [-0.15, -0.1) is 10.2 Å². The molecule has 1 fully saturated rings. The third kappa shape index (κ3) is 3.14. The zero-order chi connectivity index (χ0) is 22.4. The molecule has 168 valence electrons. The number of fused-ring (bicyclic) bond motifs is 3. The molecule has 32 heavy (non-hydrogen) atoms. The van der Waals surface area contributed by atoms with Crippen LogP contribution in [0.25, 0.3) is 11.4 Å². The Morgan fingerprint density at radius 2 is 1.81 bits per heavy atom. The third-order valence-electron chi connectivity index (χ3n) is 6.87. The van der Waals surface area contributed by atoms with Crippen LogP contribution >= 0.6 is 0 Å². The highest BCUT2D eigenvalue weighted by Gasteiger charge is 2.42. The average molecular weight is 437 g/mol. The van der Waals surface area contributed by atoms with Crippen molar-refractivity contribution in [2.45, 2.75) is 51.2 Å². The third-order valence-corrected chi connectivity index (χ3v) is 6.87. The summed E-state index contributed by atoms with van der Waals surface area (Å²) in [7, 11) is 5.11. The number of carbonyl (C=O) groups excluding carboxylic acids is 1. The number of ether oxygens (including phenoxy) is 2. The first kappa shape index (κ1) is 20.5. The summed E-state index contributed by atoms with van der Waals surface area (Å²) >= 11 is 0. The van der Waals surface area contributed by atoms with Crippen LogP contribution in [0, 0.1) is 6.92 Å². The summed E-state index contributed by atoms with van der Waals surface area (Å²) in [5, 5.41) is 13.3. The van der Waals surface area contributed by atoms with E-state index in [-0.39, 0.29) is 18.0 Å². The van der Waals surface area contributed by atoms with E-state index in [1.807, 2.05) is 37.1 Å². The fourth-order valence-electron chi connectivity index (χ4n) is 5.06. The van der Waals surface area contributed by atoms with E-state index in [2.05, 4.69) is 19.9 Å². The van der Waals surface area contributed by atoms with Crippen molar-refractivity contribution in [2.24, 2.45) is 7.05 Å². The summed E-state index contributed by atoms with van der Waals surface area (Å²) in [6.07, 6.45) is 5.87. The van der Waals surface area contributed by atoms with Crippen molar-refractivity contribution >= 4 is 5.91 Å². The van der Waals surface area contributed by atoms with Gasteiger partial charge in [-0.05, 0) is 38.0 Å². The molecule has 1 aromatic carbocycles. The van der Waals surface area contributed by atoms with Crippen LogP contribution in [0.4, 0.5) is 0 Å². The number of methoxy groups -OCH3 is 2. The van der Waals surface area contributed by atoms with Crippen LogP contribution < -0.4 is 9.47 Å². The molecule has 5 rings (SSSR count). The molecule has 0 N–H and O–H groups in total. The summed E-state index contributed by atoms with van der Waals surface area (Å²) in [6, 6.07) is 6.06. The number of nitrogens with zero attached hydrogens (tertiary/aromatic N) is 6. The van der Waals surface area contributed by atoms with Crippen LogP contribution in [0.1, 0.15) is 53.6 Å². The molecule has 1 amide bonds. The minimum atomic E-state index is 0.0226. The first-order valence-corrected chi connectivity index (χ1v) is 11.0. The number of carbonyl (C=O) groups is 1. The molecule has 1 saturated carbocycles. The predicted octanol–water partition coefficient (Wildman–Crippen LogP) is 3.14. The molecule has 0 spiro atoms. The molecule has 1 aliphatic heterocycles. The van der Waals surface area contributed by atoms with Crippen molar-refractivity contribution < 1.29 is 14.3 Å². The van der Waals surface area contributed by atoms with Crippen LogP contribution in [0.15, 0.2) is 24.4 Å². The molecule has 3 aromatic rings. The molecule has 1 aliphatic carbocycles. The Labute approximate surface area is 186 Å². The summed E-state index contributed by atoms with van der Waals surface area (Å²) in [6.45, 7) is 2.37. The van der Waals surface area contributed by atoms with E-state index in [9.17, 15) is 4.79 Å². The van der Waals surface area contributed by atoms with Crippen molar-refractivity contribution in [2.75, 3.05) is 14.2 Å². The van der Waals surface area contributed by atoms with Crippen molar-refractivity contribution in [3.8, 4) is 22.9 Å².